The van der Waals surface area contributed by atoms with Gasteiger partial charge in [-0.1, -0.05) is 12.1 Å². The van der Waals surface area contributed by atoms with Crippen LogP contribution in [0.4, 0.5) is 17.2 Å². The molecule has 1 amide bonds. The van der Waals surface area contributed by atoms with Crippen LogP contribution in [-0.2, 0) is 20.2 Å². The average molecular weight is 441 g/mol. The summed E-state index contributed by atoms with van der Waals surface area (Å²) >= 11 is 0. The van der Waals surface area contributed by atoms with Crippen LogP contribution in [0, 0.1) is 0 Å². The lowest BCUT2D eigenvalue weighted by molar-refractivity contribution is -0.114. The Morgan fingerprint density at radius 2 is 1.81 bits per heavy atom. The van der Waals surface area contributed by atoms with Gasteiger partial charge in [0, 0.05) is 48.5 Å². The third-order valence-corrected chi connectivity index (χ3v) is 5.61. The number of hydrogen-bond donors (Lipinski definition) is 3. The fourth-order valence-electron chi connectivity index (χ4n) is 2.89. The van der Waals surface area contributed by atoms with Crippen LogP contribution in [0.5, 0.6) is 0 Å². The summed E-state index contributed by atoms with van der Waals surface area (Å²) < 4.78 is 23.8. The minimum absolute atomic E-state index is 0.183. The van der Waals surface area contributed by atoms with Crippen molar-refractivity contribution in [3.63, 3.8) is 0 Å². The molecule has 2 aromatic heterocycles. The van der Waals surface area contributed by atoms with Crippen molar-refractivity contribution in [1.82, 2.24) is 9.97 Å². The van der Waals surface area contributed by atoms with Crippen LogP contribution in [0.25, 0.3) is 11.3 Å². The molecule has 9 heteroatoms. The van der Waals surface area contributed by atoms with E-state index in [2.05, 4.69) is 20.6 Å². The summed E-state index contributed by atoms with van der Waals surface area (Å²) in [7, 11) is -3.37. The van der Waals surface area contributed by atoms with Crippen molar-refractivity contribution in [3.05, 3.63) is 60.4 Å². The number of carbonyl (C=O) groups is 1. The van der Waals surface area contributed by atoms with E-state index in [1.165, 1.54) is 19.1 Å². The highest BCUT2D eigenvalue weighted by molar-refractivity contribution is 7.90. The molecule has 31 heavy (non-hydrogen) atoms. The Balaban J connectivity index is 2.05. The molecular weight excluding hydrogens is 416 g/mol. The quantitative estimate of drug-likeness (QED) is 0.536. The number of pyridine rings is 2. The Hall–Kier alpha value is -3.30. The summed E-state index contributed by atoms with van der Waals surface area (Å²) in [5.74, 6) is 0.0732. The molecule has 0 unspecified atom stereocenters. The Labute approximate surface area is 181 Å². The Morgan fingerprint density at radius 3 is 2.39 bits per heavy atom. The zero-order chi connectivity index (χ0) is 22.8. The van der Waals surface area contributed by atoms with Gasteiger partial charge in [0.2, 0.25) is 5.91 Å². The van der Waals surface area contributed by atoms with E-state index in [9.17, 15) is 18.3 Å². The number of aromatic nitrogens is 2. The second-order valence-corrected chi connectivity index (χ2v) is 9.73. The fourth-order valence-corrected chi connectivity index (χ4v) is 3.55. The molecule has 0 saturated heterocycles. The predicted molar refractivity (Wildman–Crippen MR) is 120 cm³/mol. The molecule has 0 aliphatic heterocycles. The van der Waals surface area contributed by atoms with E-state index in [4.69, 9.17) is 0 Å². The molecule has 0 fully saturated rings. The summed E-state index contributed by atoms with van der Waals surface area (Å²) in [6.45, 7) is 4.74. The molecule has 162 valence electrons. The van der Waals surface area contributed by atoms with Crippen molar-refractivity contribution in [3.8, 4) is 11.3 Å². The molecule has 0 aliphatic rings. The average Bonchev–Trinajstić information content (AvgIpc) is 2.67. The molecule has 2 heterocycles. The molecule has 8 nitrogen and oxygen atoms in total. The SMILES string of the molecule is CC(=O)Nc1cc(Nc2cccc(S(C)(=O)=O)c2)c(-c2ccc(C(C)(C)O)cn2)cn1. The standard InChI is InChI=1S/C22H24N4O4S/c1-14(27)25-21-11-20(26-16-6-5-7-17(10-16)31(4,29)30)18(13-24-21)19-9-8-15(12-23-19)22(2,3)28/h5-13,28H,1-4H3,(H2,24,25,26,27). The summed E-state index contributed by atoms with van der Waals surface area (Å²) in [6, 6.07) is 11.6. The second-order valence-electron chi connectivity index (χ2n) is 7.71. The van der Waals surface area contributed by atoms with Crippen LogP contribution < -0.4 is 10.6 Å². The molecule has 0 atom stereocenters. The number of aliphatic hydroxyl groups is 1. The van der Waals surface area contributed by atoms with E-state index < -0.39 is 15.4 Å². The van der Waals surface area contributed by atoms with Crippen LogP contribution in [-0.4, -0.2) is 35.7 Å². The molecule has 0 spiro atoms. The Kier molecular flexibility index (Phi) is 6.10. The number of amides is 1. The number of rotatable bonds is 6. The van der Waals surface area contributed by atoms with E-state index in [1.54, 1.807) is 56.6 Å². The van der Waals surface area contributed by atoms with E-state index in [0.717, 1.165) is 6.26 Å². The zero-order valence-corrected chi connectivity index (χ0v) is 18.5. The second kappa shape index (κ2) is 8.44. The molecule has 0 radical (unpaired) electrons. The summed E-state index contributed by atoms with van der Waals surface area (Å²) in [5, 5.41) is 16.0. The van der Waals surface area contributed by atoms with Crippen LogP contribution >= 0.6 is 0 Å². The Morgan fingerprint density at radius 1 is 1.06 bits per heavy atom. The molecule has 0 saturated carbocycles. The first-order valence-corrected chi connectivity index (χ1v) is 11.4. The zero-order valence-electron chi connectivity index (χ0n) is 17.7. The minimum atomic E-state index is -3.37. The lowest BCUT2D eigenvalue weighted by Crippen LogP contribution is -2.15. The van der Waals surface area contributed by atoms with Gasteiger partial charge in [0.15, 0.2) is 9.84 Å². The van der Waals surface area contributed by atoms with Gasteiger partial charge in [-0.3, -0.25) is 9.78 Å². The van der Waals surface area contributed by atoms with Crippen molar-refractivity contribution >= 4 is 32.9 Å². The molecule has 1 aromatic carbocycles. The van der Waals surface area contributed by atoms with Gasteiger partial charge in [0.05, 0.1) is 21.9 Å². The van der Waals surface area contributed by atoms with Gasteiger partial charge in [-0.2, -0.15) is 0 Å². The molecular formula is C22H24N4O4S. The molecule has 0 bridgehead atoms. The maximum Gasteiger partial charge on any atom is 0.222 e. The van der Waals surface area contributed by atoms with Gasteiger partial charge in [-0.15, -0.1) is 0 Å². The van der Waals surface area contributed by atoms with Gasteiger partial charge in [0.1, 0.15) is 5.82 Å². The highest BCUT2D eigenvalue weighted by Crippen LogP contribution is 2.32. The number of carbonyl (C=O) groups excluding carboxylic acids is 1. The van der Waals surface area contributed by atoms with Crippen LogP contribution in [0.2, 0.25) is 0 Å². The lowest BCUT2D eigenvalue weighted by atomic mass is 9.99. The topological polar surface area (TPSA) is 121 Å². The van der Waals surface area contributed by atoms with Gasteiger partial charge < -0.3 is 15.7 Å². The number of benzene rings is 1. The number of nitrogens with one attached hydrogen (secondary N) is 2. The molecule has 3 aromatic rings. The summed E-state index contributed by atoms with van der Waals surface area (Å²) in [4.78, 5) is 20.3. The number of hydrogen-bond acceptors (Lipinski definition) is 7. The van der Waals surface area contributed by atoms with Crippen molar-refractivity contribution in [2.75, 3.05) is 16.9 Å². The third-order valence-electron chi connectivity index (χ3n) is 4.50. The monoisotopic (exact) mass is 440 g/mol. The molecule has 3 N–H and O–H groups in total. The van der Waals surface area contributed by atoms with Gasteiger partial charge in [-0.25, -0.2) is 13.4 Å². The molecule has 0 aliphatic carbocycles. The predicted octanol–water partition coefficient (Wildman–Crippen LogP) is 3.48. The van der Waals surface area contributed by atoms with E-state index >= 15 is 0 Å². The van der Waals surface area contributed by atoms with Gasteiger partial charge in [0.25, 0.3) is 0 Å². The summed E-state index contributed by atoms with van der Waals surface area (Å²) in [5.41, 5.74) is 2.00. The lowest BCUT2D eigenvalue weighted by Gasteiger charge is -2.18. The maximum absolute atomic E-state index is 11.9. The number of sulfone groups is 1. The van der Waals surface area contributed by atoms with Crippen LogP contribution in [0.1, 0.15) is 26.3 Å². The molecule has 3 rings (SSSR count). The van der Waals surface area contributed by atoms with Crippen LogP contribution in [0.15, 0.2) is 59.8 Å². The van der Waals surface area contributed by atoms with Crippen molar-refractivity contribution in [2.45, 2.75) is 31.3 Å². The van der Waals surface area contributed by atoms with Gasteiger partial charge in [-0.05, 0) is 38.1 Å². The van der Waals surface area contributed by atoms with Crippen molar-refractivity contribution in [2.24, 2.45) is 0 Å². The van der Waals surface area contributed by atoms with E-state index in [1.807, 2.05) is 0 Å². The normalized spacial score (nSPS) is 11.8. The van der Waals surface area contributed by atoms with Crippen molar-refractivity contribution in [1.29, 1.82) is 0 Å². The van der Waals surface area contributed by atoms with Gasteiger partial charge >= 0.3 is 0 Å². The maximum atomic E-state index is 11.9. The first kappa shape index (κ1) is 22.4. The van der Waals surface area contributed by atoms with Crippen molar-refractivity contribution < 1.29 is 18.3 Å². The minimum Gasteiger partial charge on any atom is -0.386 e. The number of anilines is 3. The first-order chi connectivity index (χ1) is 14.4. The Bertz CT molecular complexity index is 1220. The smallest absolute Gasteiger partial charge is 0.222 e. The van der Waals surface area contributed by atoms with Crippen LogP contribution in [0.3, 0.4) is 0 Å². The first-order valence-electron chi connectivity index (χ1n) is 9.47. The van der Waals surface area contributed by atoms with E-state index in [0.29, 0.717) is 34.0 Å². The fraction of sp³-hybridized carbons (Fsp3) is 0.227. The largest absolute Gasteiger partial charge is 0.386 e. The third kappa shape index (κ3) is 5.65. The number of nitrogens with zero attached hydrogens (tertiary/aromatic N) is 2. The highest BCUT2D eigenvalue weighted by Gasteiger charge is 2.17. The van der Waals surface area contributed by atoms with E-state index in [-0.39, 0.29) is 10.8 Å². The highest BCUT2D eigenvalue weighted by atomic mass is 32.2. The summed E-state index contributed by atoms with van der Waals surface area (Å²) in [6.07, 6.45) is 4.30.